The van der Waals surface area contributed by atoms with Crippen molar-refractivity contribution in [2.75, 3.05) is 0 Å². The van der Waals surface area contributed by atoms with E-state index >= 15 is 0 Å². The first-order valence-corrected chi connectivity index (χ1v) is 3.96. The van der Waals surface area contributed by atoms with E-state index in [1.807, 2.05) is 0 Å². The second-order valence-corrected chi connectivity index (χ2v) is 3.08. The Labute approximate surface area is 69.6 Å². The Morgan fingerprint density at radius 2 is 1.92 bits per heavy atom. The van der Waals surface area contributed by atoms with Crippen LogP contribution in [0, 0.1) is 11.6 Å². The molecule has 1 aromatic carbocycles. The summed E-state index contributed by atoms with van der Waals surface area (Å²) in [4.78, 5) is 10.9. The first-order valence-electron chi connectivity index (χ1n) is 3.15. The van der Waals surface area contributed by atoms with E-state index in [-0.39, 0.29) is 10.1 Å². The molecule has 62 valence electrons. The van der Waals surface area contributed by atoms with Crippen molar-refractivity contribution < 1.29 is 8.78 Å². The minimum absolute atomic E-state index is 0.193. The number of hydrogen-bond donors (Lipinski definition) is 1. The molecule has 0 unspecified atom stereocenters. The molecule has 0 spiro atoms. The van der Waals surface area contributed by atoms with Gasteiger partial charge in [0.2, 0.25) is 0 Å². The Morgan fingerprint density at radius 1 is 1.25 bits per heavy atom. The second kappa shape index (κ2) is 2.38. The third kappa shape index (κ3) is 0.937. The minimum Gasteiger partial charge on any atom is -0.307 e. The predicted molar refractivity (Wildman–Crippen MR) is 42.4 cm³/mol. The SMILES string of the molecule is O=c1s[nH]c2cc(F)c(F)cc12. The topological polar surface area (TPSA) is 32.9 Å². The lowest BCUT2D eigenvalue weighted by molar-refractivity contribution is 0.511. The molecule has 0 bridgehead atoms. The van der Waals surface area contributed by atoms with Gasteiger partial charge in [-0.1, -0.05) is 0 Å². The summed E-state index contributed by atoms with van der Waals surface area (Å²) in [5, 5.41) is 0.193. The molecule has 0 radical (unpaired) electrons. The Kier molecular flexibility index (Phi) is 1.47. The molecule has 0 saturated heterocycles. The lowest BCUT2D eigenvalue weighted by atomic mass is 10.2. The molecule has 1 N–H and O–H groups in total. The average Bonchev–Trinajstić information content (AvgIpc) is 2.35. The van der Waals surface area contributed by atoms with Crippen LogP contribution in [-0.4, -0.2) is 4.37 Å². The molecular formula is C7H3F2NOS. The summed E-state index contributed by atoms with van der Waals surface area (Å²) in [7, 11) is 0. The maximum absolute atomic E-state index is 12.6. The Bertz CT molecular complexity index is 488. The monoisotopic (exact) mass is 187 g/mol. The minimum atomic E-state index is -0.994. The number of hydrogen-bond acceptors (Lipinski definition) is 2. The average molecular weight is 187 g/mol. The smallest absolute Gasteiger partial charge is 0.257 e. The van der Waals surface area contributed by atoms with Crippen LogP contribution in [0.3, 0.4) is 0 Å². The molecule has 12 heavy (non-hydrogen) atoms. The van der Waals surface area contributed by atoms with Crippen LogP contribution >= 0.6 is 11.5 Å². The number of halogens is 2. The van der Waals surface area contributed by atoms with E-state index in [2.05, 4.69) is 4.37 Å². The zero-order chi connectivity index (χ0) is 8.72. The van der Waals surface area contributed by atoms with Gasteiger partial charge in [-0.2, -0.15) is 0 Å². The summed E-state index contributed by atoms with van der Waals surface area (Å²) < 4.78 is 27.4. The van der Waals surface area contributed by atoms with Crippen LogP contribution in [0.4, 0.5) is 8.78 Å². The molecule has 2 aromatic rings. The highest BCUT2D eigenvalue weighted by molar-refractivity contribution is 7.04. The first-order chi connectivity index (χ1) is 5.68. The van der Waals surface area contributed by atoms with Crippen LogP contribution in [0.1, 0.15) is 0 Å². The molecule has 0 fully saturated rings. The van der Waals surface area contributed by atoms with Gasteiger partial charge in [-0.05, 0) is 17.6 Å². The third-order valence-corrected chi connectivity index (χ3v) is 2.26. The van der Waals surface area contributed by atoms with Gasteiger partial charge in [-0.15, -0.1) is 0 Å². The summed E-state index contributed by atoms with van der Waals surface area (Å²) in [5.74, 6) is -1.94. The highest BCUT2D eigenvalue weighted by Gasteiger charge is 2.07. The van der Waals surface area contributed by atoms with Crippen molar-refractivity contribution in [3.8, 4) is 0 Å². The fourth-order valence-corrected chi connectivity index (χ4v) is 1.61. The van der Waals surface area contributed by atoms with Crippen LogP contribution in [0.25, 0.3) is 10.9 Å². The number of aromatic nitrogens is 1. The maximum Gasteiger partial charge on any atom is 0.257 e. The summed E-state index contributed by atoms with van der Waals surface area (Å²) >= 11 is 0.821. The van der Waals surface area contributed by atoms with Gasteiger partial charge in [0, 0.05) is 6.07 Å². The molecule has 2 nitrogen and oxygen atoms in total. The van der Waals surface area contributed by atoms with Crippen LogP contribution < -0.4 is 4.74 Å². The van der Waals surface area contributed by atoms with Gasteiger partial charge in [-0.25, -0.2) is 8.78 Å². The van der Waals surface area contributed by atoms with Crippen molar-refractivity contribution >= 4 is 22.4 Å². The van der Waals surface area contributed by atoms with Crippen LogP contribution in [0.5, 0.6) is 0 Å². The van der Waals surface area contributed by atoms with Gasteiger partial charge < -0.3 is 4.37 Å². The highest BCUT2D eigenvalue weighted by Crippen LogP contribution is 2.14. The molecule has 0 saturated carbocycles. The second-order valence-electron chi connectivity index (χ2n) is 2.30. The maximum atomic E-state index is 12.6. The van der Waals surface area contributed by atoms with Crippen LogP contribution in [-0.2, 0) is 0 Å². The molecule has 0 aliphatic heterocycles. The molecule has 1 aromatic heterocycles. The van der Waals surface area contributed by atoms with Gasteiger partial charge in [0.1, 0.15) is 0 Å². The number of rotatable bonds is 0. The number of benzene rings is 1. The number of H-pyrrole nitrogens is 1. The largest absolute Gasteiger partial charge is 0.307 e. The van der Waals surface area contributed by atoms with E-state index in [0.717, 1.165) is 23.7 Å². The van der Waals surface area contributed by atoms with E-state index in [1.165, 1.54) is 0 Å². The van der Waals surface area contributed by atoms with Crippen molar-refractivity contribution in [1.29, 1.82) is 0 Å². The molecule has 5 heteroatoms. The highest BCUT2D eigenvalue weighted by atomic mass is 32.1. The summed E-state index contributed by atoms with van der Waals surface area (Å²) in [5.41, 5.74) is 0.337. The van der Waals surface area contributed by atoms with Crippen molar-refractivity contribution in [3.05, 3.63) is 33.3 Å². The van der Waals surface area contributed by atoms with E-state index < -0.39 is 11.6 Å². The van der Waals surface area contributed by atoms with Crippen molar-refractivity contribution in [2.24, 2.45) is 0 Å². The van der Waals surface area contributed by atoms with Gasteiger partial charge in [0.25, 0.3) is 4.74 Å². The van der Waals surface area contributed by atoms with Crippen molar-refractivity contribution in [3.63, 3.8) is 0 Å². The normalized spacial score (nSPS) is 10.8. The first kappa shape index (κ1) is 7.42. The molecule has 0 atom stereocenters. The van der Waals surface area contributed by atoms with Crippen LogP contribution in [0.2, 0.25) is 0 Å². The number of fused-ring (bicyclic) bond motifs is 1. The zero-order valence-corrected chi connectivity index (χ0v) is 6.54. The molecule has 0 aliphatic carbocycles. The fourth-order valence-electron chi connectivity index (χ4n) is 0.956. The summed E-state index contributed by atoms with van der Waals surface area (Å²) in [6, 6.07) is 1.88. The Hall–Kier alpha value is -1.23. The quantitative estimate of drug-likeness (QED) is 0.671. The standard InChI is InChI=1S/C7H3F2NOS/c8-4-1-3-6(2-5(4)9)10-12-7(3)11/h1-2,10H. The third-order valence-electron chi connectivity index (χ3n) is 1.53. The summed E-state index contributed by atoms with van der Waals surface area (Å²) in [6.07, 6.45) is 0. The van der Waals surface area contributed by atoms with Gasteiger partial charge in [0.15, 0.2) is 11.6 Å². The number of aromatic amines is 1. The predicted octanol–water partition coefficient (Wildman–Crippen LogP) is 1.87. The van der Waals surface area contributed by atoms with E-state index in [1.54, 1.807) is 0 Å². The lowest BCUT2D eigenvalue weighted by Gasteiger charge is -1.90. The lowest BCUT2D eigenvalue weighted by Crippen LogP contribution is -1.90. The Morgan fingerprint density at radius 3 is 2.67 bits per heavy atom. The fraction of sp³-hybridized carbons (Fsp3) is 0. The molecular weight excluding hydrogens is 184 g/mol. The molecule has 0 aliphatic rings. The van der Waals surface area contributed by atoms with Crippen molar-refractivity contribution in [1.82, 2.24) is 4.37 Å². The zero-order valence-electron chi connectivity index (χ0n) is 5.73. The van der Waals surface area contributed by atoms with E-state index in [9.17, 15) is 13.6 Å². The molecule has 0 amide bonds. The van der Waals surface area contributed by atoms with E-state index in [4.69, 9.17) is 0 Å². The van der Waals surface area contributed by atoms with Gasteiger partial charge >= 0.3 is 0 Å². The van der Waals surface area contributed by atoms with Crippen LogP contribution in [0.15, 0.2) is 16.9 Å². The number of nitrogens with one attached hydrogen (secondary N) is 1. The summed E-state index contributed by atoms with van der Waals surface area (Å²) in [6.45, 7) is 0. The van der Waals surface area contributed by atoms with Crippen molar-refractivity contribution in [2.45, 2.75) is 0 Å². The molecule has 2 rings (SSSR count). The van der Waals surface area contributed by atoms with Gasteiger partial charge in [-0.3, -0.25) is 4.79 Å². The molecule has 1 heterocycles. The van der Waals surface area contributed by atoms with E-state index in [0.29, 0.717) is 5.52 Å². The Balaban J connectivity index is 2.97. The van der Waals surface area contributed by atoms with Gasteiger partial charge in [0.05, 0.1) is 10.9 Å².